The van der Waals surface area contributed by atoms with Crippen LogP contribution in [-0.2, 0) is 0 Å². The van der Waals surface area contributed by atoms with Crippen LogP contribution in [0.15, 0.2) is 36.4 Å². The third-order valence-electron chi connectivity index (χ3n) is 4.76. The Bertz CT molecular complexity index is 1140. The van der Waals surface area contributed by atoms with Crippen LogP contribution in [0.25, 0.3) is 0 Å². The standard InChI is InChI=1S/C23H19F6IN2O2/c1-5-21(3,4)32-20(34)17-14(7-6-8-15(17)30)19(33)31-16-10-9-13(11-12(16)2)18(22(24,25)26)23(27,28)29/h1,6-11,18H,2-4H3,(H,31,33)(H,32,34). The molecule has 182 valence electrons. The van der Waals surface area contributed by atoms with Gasteiger partial charge < -0.3 is 10.6 Å². The maximum atomic E-state index is 13.0. The second kappa shape index (κ2) is 9.85. The Labute approximate surface area is 205 Å². The molecule has 0 heterocycles. The number of carbonyl (C=O) groups is 2. The number of anilines is 1. The topological polar surface area (TPSA) is 58.2 Å². The van der Waals surface area contributed by atoms with Gasteiger partial charge in [0.1, 0.15) is 0 Å². The lowest BCUT2D eigenvalue weighted by atomic mass is 9.95. The second-order valence-corrected chi connectivity index (χ2v) is 9.09. The Morgan fingerprint density at radius 2 is 1.59 bits per heavy atom. The van der Waals surface area contributed by atoms with Crippen LogP contribution in [0.3, 0.4) is 0 Å². The summed E-state index contributed by atoms with van der Waals surface area (Å²) in [5.74, 6) is -2.66. The molecule has 0 saturated carbocycles. The molecule has 2 rings (SSSR count). The number of hydrogen-bond acceptors (Lipinski definition) is 2. The first-order chi connectivity index (χ1) is 15.5. The fraction of sp³-hybridized carbons (Fsp3) is 0.304. The van der Waals surface area contributed by atoms with Crippen molar-refractivity contribution in [2.24, 2.45) is 0 Å². The number of rotatable bonds is 5. The molecule has 0 atom stereocenters. The number of amides is 2. The van der Waals surface area contributed by atoms with Gasteiger partial charge in [0.05, 0.1) is 16.7 Å². The molecule has 2 aromatic carbocycles. The number of benzene rings is 2. The van der Waals surface area contributed by atoms with Crippen LogP contribution >= 0.6 is 22.6 Å². The molecule has 2 N–H and O–H groups in total. The summed E-state index contributed by atoms with van der Waals surface area (Å²) < 4.78 is 78.6. The van der Waals surface area contributed by atoms with Crippen LogP contribution in [0.1, 0.15) is 51.6 Å². The molecule has 11 heteroatoms. The van der Waals surface area contributed by atoms with Crippen LogP contribution in [-0.4, -0.2) is 29.7 Å². The van der Waals surface area contributed by atoms with Crippen molar-refractivity contribution in [2.75, 3.05) is 5.32 Å². The van der Waals surface area contributed by atoms with Crippen molar-refractivity contribution < 1.29 is 35.9 Å². The van der Waals surface area contributed by atoms with Gasteiger partial charge in [0, 0.05) is 9.26 Å². The molecule has 2 aromatic rings. The van der Waals surface area contributed by atoms with E-state index in [1.54, 1.807) is 19.9 Å². The Kier molecular flexibility index (Phi) is 7.97. The van der Waals surface area contributed by atoms with Gasteiger partial charge >= 0.3 is 12.4 Å². The number of alkyl halides is 6. The van der Waals surface area contributed by atoms with Gasteiger partial charge in [-0.2, -0.15) is 26.3 Å². The highest BCUT2D eigenvalue weighted by Crippen LogP contribution is 2.46. The SMILES string of the molecule is C#CC(C)(C)NC(=O)c1c(I)cccc1C(=O)Nc1ccc(C(C(F)(F)F)C(F)(F)F)cc1C. The van der Waals surface area contributed by atoms with E-state index in [2.05, 4.69) is 16.6 Å². The van der Waals surface area contributed by atoms with Crippen LogP contribution in [0.5, 0.6) is 0 Å². The normalized spacial score (nSPS) is 12.3. The smallest absolute Gasteiger partial charge is 0.336 e. The average molecular weight is 596 g/mol. The number of halogens is 7. The number of terminal acetylenes is 1. The predicted molar refractivity (Wildman–Crippen MR) is 124 cm³/mol. The van der Waals surface area contributed by atoms with Gasteiger partial charge in [-0.05, 0) is 72.7 Å². The molecule has 0 fully saturated rings. The third-order valence-corrected chi connectivity index (χ3v) is 5.66. The zero-order valence-electron chi connectivity index (χ0n) is 18.1. The van der Waals surface area contributed by atoms with E-state index in [4.69, 9.17) is 6.42 Å². The van der Waals surface area contributed by atoms with Gasteiger partial charge in [-0.1, -0.05) is 24.1 Å². The maximum Gasteiger partial charge on any atom is 0.404 e. The summed E-state index contributed by atoms with van der Waals surface area (Å²) in [6, 6.07) is 6.81. The highest BCUT2D eigenvalue weighted by atomic mass is 127. The van der Waals surface area contributed by atoms with Crippen molar-refractivity contribution in [3.05, 3.63) is 62.2 Å². The quantitative estimate of drug-likeness (QED) is 0.246. The lowest BCUT2D eigenvalue weighted by molar-refractivity contribution is -0.253. The van der Waals surface area contributed by atoms with Crippen LogP contribution in [0, 0.1) is 22.8 Å². The van der Waals surface area contributed by atoms with E-state index in [0.717, 1.165) is 12.1 Å². The fourth-order valence-corrected chi connectivity index (χ4v) is 3.83. The van der Waals surface area contributed by atoms with E-state index in [1.807, 2.05) is 22.6 Å². The minimum Gasteiger partial charge on any atom is -0.336 e. The molecule has 0 bridgehead atoms. The molecule has 0 aliphatic heterocycles. The van der Waals surface area contributed by atoms with Gasteiger partial charge in [0.15, 0.2) is 5.92 Å². The highest BCUT2D eigenvalue weighted by Gasteiger charge is 2.57. The summed E-state index contributed by atoms with van der Waals surface area (Å²) in [7, 11) is 0. The number of hydrogen-bond donors (Lipinski definition) is 2. The number of carbonyl (C=O) groups excluding carboxylic acids is 2. The molecule has 0 aliphatic rings. The van der Waals surface area contributed by atoms with Gasteiger partial charge in [-0.15, -0.1) is 6.42 Å². The molecule has 0 aromatic heterocycles. The average Bonchev–Trinajstić information content (AvgIpc) is 2.67. The van der Waals surface area contributed by atoms with Crippen molar-refractivity contribution in [2.45, 2.75) is 44.6 Å². The first-order valence-corrected chi connectivity index (χ1v) is 10.7. The summed E-state index contributed by atoms with van der Waals surface area (Å²) in [4.78, 5) is 25.7. The van der Waals surface area contributed by atoms with Crippen molar-refractivity contribution >= 4 is 40.1 Å². The Hall–Kier alpha value is -2.75. The van der Waals surface area contributed by atoms with Gasteiger partial charge in [0.25, 0.3) is 11.8 Å². The van der Waals surface area contributed by atoms with Gasteiger partial charge in [-0.3, -0.25) is 9.59 Å². The highest BCUT2D eigenvalue weighted by molar-refractivity contribution is 14.1. The van der Waals surface area contributed by atoms with Crippen molar-refractivity contribution in [3.63, 3.8) is 0 Å². The third kappa shape index (κ3) is 6.43. The zero-order valence-corrected chi connectivity index (χ0v) is 20.2. The summed E-state index contributed by atoms with van der Waals surface area (Å²) in [5.41, 5.74) is -2.07. The van der Waals surface area contributed by atoms with Gasteiger partial charge in [0.2, 0.25) is 0 Å². The van der Waals surface area contributed by atoms with Crippen molar-refractivity contribution in [1.82, 2.24) is 5.32 Å². The van der Waals surface area contributed by atoms with E-state index in [9.17, 15) is 35.9 Å². The first-order valence-electron chi connectivity index (χ1n) is 9.62. The van der Waals surface area contributed by atoms with E-state index < -0.39 is 41.2 Å². The molecule has 4 nitrogen and oxygen atoms in total. The molecule has 34 heavy (non-hydrogen) atoms. The molecule has 0 aliphatic carbocycles. The minimum atomic E-state index is -5.54. The summed E-state index contributed by atoms with van der Waals surface area (Å²) in [6.45, 7) is 4.43. The molecule has 2 amide bonds. The maximum absolute atomic E-state index is 13.0. The molecule has 0 spiro atoms. The van der Waals surface area contributed by atoms with E-state index in [0.29, 0.717) is 9.64 Å². The predicted octanol–water partition coefficient (Wildman–Crippen LogP) is 6.20. The minimum absolute atomic E-state index is 0.00831. The lowest BCUT2D eigenvalue weighted by Crippen LogP contribution is -2.43. The number of aryl methyl sites for hydroxylation is 1. The van der Waals surface area contributed by atoms with E-state index in [1.165, 1.54) is 19.1 Å². The van der Waals surface area contributed by atoms with E-state index in [-0.39, 0.29) is 22.4 Å². The molecular formula is C23H19F6IN2O2. The first kappa shape index (κ1) is 27.5. The Morgan fingerprint density at radius 3 is 2.09 bits per heavy atom. The molecule has 0 saturated heterocycles. The van der Waals surface area contributed by atoms with Crippen LogP contribution in [0.2, 0.25) is 0 Å². The Balaban J connectivity index is 2.40. The van der Waals surface area contributed by atoms with Crippen LogP contribution in [0.4, 0.5) is 32.0 Å². The number of nitrogens with one attached hydrogen (secondary N) is 2. The zero-order chi connectivity index (χ0) is 26.1. The summed E-state index contributed by atoms with van der Waals surface area (Å²) in [5, 5.41) is 5.05. The molecular weight excluding hydrogens is 577 g/mol. The summed E-state index contributed by atoms with van der Waals surface area (Å²) >= 11 is 1.86. The summed E-state index contributed by atoms with van der Waals surface area (Å²) in [6.07, 6.45) is -5.69. The van der Waals surface area contributed by atoms with Crippen molar-refractivity contribution in [1.29, 1.82) is 0 Å². The largest absolute Gasteiger partial charge is 0.404 e. The lowest BCUT2D eigenvalue weighted by Gasteiger charge is -2.24. The fourth-order valence-electron chi connectivity index (χ4n) is 3.09. The molecule has 0 unspecified atom stereocenters. The monoisotopic (exact) mass is 596 g/mol. The van der Waals surface area contributed by atoms with Crippen LogP contribution < -0.4 is 10.6 Å². The van der Waals surface area contributed by atoms with Gasteiger partial charge in [-0.25, -0.2) is 0 Å². The van der Waals surface area contributed by atoms with E-state index >= 15 is 0 Å². The van der Waals surface area contributed by atoms with Crippen molar-refractivity contribution in [3.8, 4) is 12.3 Å². The Morgan fingerprint density at radius 1 is 1.00 bits per heavy atom. The molecule has 0 radical (unpaired) electrons. The second-order valence-electron chi connectivity index (χ2n) is 7.93.